The van der Waals surface area contributed by atoms with Crippen LogP contribution in [0.4, 0.5) is 0 Å². The third-order valence-corrected chi connectivity index (χ3v) is 3.05. The van der Waals surface area contributed by atoms with Crippen molar-refractivity contribution in [1.82, 2.24) is 4.98 Å². The SMILES string of the molecule is COc1cc(CC2(C(=O)O)CC2)cc(C)n1. The van der Waals surface area contributed by atoms with Crippen LogP contribution in [-0.2, 0) is 11.2 Å². The minimum Gasteiger partial charge on any atom is -0.481 e. The number of nitrogens with zero attached hydrogens (tertiary/aromatic N) is 1. The van der Waals surface area contributed by atoms with Crippen LogP contribution in [0.5, 0.6) is 5.88 Å². The van der Waals surface area contributed by atoms with Crippen molar-refractivity contribution in [2.24, 2.45) is 5.41 Å². The molecule has 0 radical (unpaired) electrons. The van der Waals surface area contributed by atoms with Crippen molar-refractivity contribution >= 4 is 5.97 Å². The molecule has 4 heteroatoms. The number of hydrogen-bond acceptors (Lipinski definition) is 3. The maximum absolute atomic E-state index is 11.1. The number of rotatable bonds is 4. The maximum Gasteiger partial charge on any atom is 0.309 e. The van der Waals surface area contributed by atoms with Crippen LogP contribution in [0.2, 0.25) is 0 Å². The Kier molecular flexibility index (Phi) is 2.58. The minimum atomic E-state index is -0.694. The zero-order valence-electron chi connectivity index (χ0n) is 9.49. The number of hydrogen-bond donors (Lipinski definition) is 1. The van der Waals surface area contributed by atoms with Gasteiger partial charge in [0, 0.05) is 11.8 Å². The highest BCUT2D eigenvalue weighted by Crippen LogP contribution is 2.48. The van der Waals surface area contributed by atoms with Crippen molar-refractivity contribution < 1.29 is 14.6 Å². The first-order valence-corrected chi connectivity index (χ1v) is 5.31. The summed E-state index contributed by atoms with van der Waals surface area (Å²) in [6.07, 6.45) is 2.11. The van der Waals surface area contributed by atoms with Crippen LogP contribution in [0, 0.1) is 12.3 Å². The summed E-state index contributed by atoms with van der Waals surface area (Å²) >= 11 is 0. The Balaban J connectivity index is 2.21. The zero-order valence-corrected chi connectivity index (χ0v) is 9.49. The van der Waals surface area contributed by atoms with Gasteiger partial charge in [-0.25, -0.2) is 4.98 Å². The number of carbonyl (C=O) groups is 1. The van der Waals surface area contributed by atoms with Crippen LogP contribution < -0.4 is 4.74 Å². The lowest BCUT2D eigenvalue weighted by molar-refractivity contribution is -0.143. The van der Waals surface area contributed by atoms with Gasteiger partial charge in [0.2, 0.25) is 5.88 Å². The van der Waals surface area contributed by atoms with E-state index in [9.17, 15) is 4.79 Å². The van der Waals surface area contributed by atoms with Crippen molar-refractivity contribution in [2.75, 3.05) is 7.11 Å². The Morgan fingerprint density at radius 2 is 2.25 bits per heavy atom. The summed E-state index contributed by atoms with van der Waals surface area (Å²) in [4.78, 5) is 15.3. The lowest BCUT2D eigenvalue weighted by Gasteiger charge is -2.11. The molecule has 0 atom stereocenters. The van der Waals surface area contributed by atoms with Crippen LogP contribution in [0.3, 0.4) is 0 Å². The molecule has 1 aliphatic carbocycles. The molecule has 0 saturated heterocycles. The van der Waals surface area contributed by atoms with Crippen LogP contribution >= 0.6 is 0 Å². The molecule has 0 unspecified atom stereocenters. The molecule has 1 N–H and O–H groups in total. The van der Waals surface area contributed by atoms with E-state index in [-0.39, 0.29) is 0 Å². The molecule has 16 heavy (non-hydrogen) atoms. The Morgan fingerprint density at radius 1 is 1.56 bits per heavy atom. The van der Waals surface area contributed by atoms with Gasteiger partial charge in [0.15, 0.2) is 0 Å². The minimum absolute atomic E-state index is 0.529. The Labute approximate surface area is 94.3 Å². The van der Waals surface area contributed by atoms with Gasteiger partial charge in [-0.1, -0.05) is 0 Å². The van der Waals surface area contributed by atoms with E-state index in [0.29, 0.717) is 12.3 Å². The van der Waals surface area contributed by atoms with Crippen molar-refractivity contribution in [3.8, 4) is 5.88 Å². The van der Waals surface area contributed by atoms with Crippen LogP contribution in [0.1, 0.15) is 24.1 Å². The molecule has 0 aliphatic heterocycles. The number of aromatic nitrogens is 1. The summed E-state index contributed by atoms with van der Waals surface area (Å²) in [5.41, 5.74) is 1.32. The first kappa shape index (κ1) is 10.9. The quantitative estimate of drug-likeness (QED) is 0.842. The Hall–Kier alpha value is -1.58. The van der Waals surface area contributed by atoms with E-state index in [1.165, 1.54) is 0 Å². The summed E-state index contributed by atoms with van der Waals surface area (Å²) in [5, 5.41) is 9.11. The van der Waals surface area contributed by atoms with E-state index in [0.717, 1.165) is 24.1 Å². The molecule has 1 heterocycles. The molecular formula is C12H15NO3. The average Bonchev–Trinajstić information content (AvgIpc) is 2.98. The molecule has 86 valence electrons. The number of methoxy groups -OCH3 is 1. The molecule has 4 nitrogen and oxygen atoms in total. The van der Waals surface area contributed by atoms with Crippen LogP contribution in [0.15, 0.2) is 12.1 Å². The standard InChI is InChI=1S/C12H15NO3/c1-8-5-9(6-10(13-8)16-2)7-12(3-4-12)11(14)15/h5-6H,3-4,7H2,1-2H3,(H,14,15). The lowest BCUT2D eigenvalue weighted by atomic mass is 9.97. The Bertz CT molecular complexity index is 424. The van der Waals surface area contributed by atoms with E-state index in [4.69, 9.17) is 9.84 Å². The fraction of sp³-hybridized carbons (Fsp3) is 0.500. The second-order valence-corrected chi connectivity index (χ2v) is 4.42. The number of pyridine rings is 1. The fourth-order valence-electron chi connectivity index (χ4n) is 1.92. The first-order valence-electron chi connectivity index (χ1n) is 5.31. The van der Waals surface area contributed by atoms with Gasteiger partial charge >= 0.3 is 5.97 Å². The van der Waals surface area contributed by atoms with Gasteiger partial charge in [-0.3, -0.25) is 4.79 Å². The summed E-state index contributed by atoms with van der Waals surface area (Å²) in [6.45, 7) is 1.88. The molecule has 1 aromatic heterocycles. The average molecular weight is 221 g/mol. The van der Waals surface area contributed by atoms with E-state index in [2.05, 4.69) is 4.98 Å². The van der Waals surface area contributed by atoms with Crippen molar-refractivity contribution in [3.05, 3.63) is 23.4 Å². The third kappa shape index (κ3) is 2.01. The summed E-state index contributed by atoms with van der Waals surface area (Å²) < 4.78 is 5.07. The second-order valence-electron chi connectivity index (χ2n) is 4.42. The molecule has 0 spiro atoms. The predicted molar refractivity (Wildman–Crippen MR) is 58.5 cm³/mol. The predicted octanol–water partition coefficient (Wildman–Crippen LogP) is 1.81. The number of ether oxygens (including phenoxy) is 1. The van der Waals surface area contributed by atoms with E-state index in [1.54, 1.807) is 7.11 Å². The molecule has 0 amide bonds. The number of carboxylic acid groups (broad SMARTS) is 1. The van der Waals surface area contributed by atoms with Gasteiger partial charge in [0.1, 0.15) is 0 Å². The summed E-state index contributed by atoms with van der Waals surface area (Å²) in [7, 11) is 1.57. The Morgan fingerprint density at radius 3 is 2.75 bits per heavy atom. The molecule has 0 bridgehead atoms. The van der Waals surface area contributed by atoms with Crippen LogP contribution in [0.25, 0.3) is 0 Å². The van der Waals surface area contributed by atoms with Gasteiger partial charge in [-0.05, 0) is 37.8 Å². The van der Waals surface area contributed by atoms with Gasteiger partial charge in [0.25, 0.3) is 0 Å². The highest BCUT2D eigenvalue weighted by molar-refractivity contribution is 5.78. The molecular weight excluding hydrogens is 206 g/mol. The highest BCUT2D eigenvalue weighted by atomic mass is 16.5. The van der Waals surface area contributed by atoms with E-state index in [1.807, 2.05) is 19.1 Å². The lowest BCUT2D eigenvalue weighted by Crippen LogP contribution is -2.17. The molecule has 2 rings (SSSR count). The third-order valence-electron chi connectivity index (χ3n) is 3.05. The van der Waals surface area contributed by atoms with Gasteiger partial charge < -0.3 is 9.84 Å². The normalized spacial score (nSPS) is 16.9. The zero-order chi connectivity index (χ0) is 11.8. The van der Waals surface area contributed by atoms with Crippen LogP contribution in [-0.4, -0.2) is 23.2 Å². The monoisotopic (exact) mass is 221 g/mol. The van der Waals surface area contributed by atoms with Crippen molar-refractivity contribution in [1.29, 1.82) is 0 Å². The summed E-state index contributed by atoms with van der Waals surface area (Å²) in [5.74, 6) is -0.142. The smallest absolute Gasteiger partial charge is 0.309 e. The van der Waals surface area contributed by atoms with Gasteiger partial charge in [0.05, 0.1) is 12.5 Å². The van der Waals surface area contributed by atoms with E-state index >= 15 is 0 Å². The topological polar surface area (TPSA) is 59.4 Å². The van der Waals surface area contributed by atoms with E-state index < -0.39 is 11.4 Å². The number of aliphatic carboxylic acids is 1. The number of aryl methyl sites for hydroxylation is 1. The van der Waals surface area contributed by atoms with Gasteiger partial charge in [-0.15, -0.1) is 0 Å². The van der Waals surface area contributed by atoms with Crippen molar-refractivity contribution in [2.45, 2.75) is 26.2 Å². The molecule has 1 aromatic rings. The maximum atomic E-state index is 11.1. The highest BCUT2D eigenvalue weighted by Gasteiger charge is 2.50. The molecule has 1 aliphatic rings. The van der Waals surface area contributed by atoms with Gasteiger partial charge in [-0.2, -0.15) is 0 Å². The second kappa shape index (κ2) is 3.77. The molecule has 0 aromatic carbocycles. The van der Waals surface area contributed by atoms with Crippen molar-refractivity contribution in [3.63, 3.8) is 0 Å². The largest absolute Gasteiger partial charge is 0.481 e. The number of carboxylic acids is 1. The molecule has 1 fully saturated rings. The first-order chi connectivity index (χ1) is 7.55. The summed E-state index contributed by atoms with van der Waals surface area (Å²) in [6, 6.07) is 3.74. The molecule has 1 saturated carbocycles. The fourth-order valence-corrected chi connectivity index (χ4v) is 1.92.